The number of nitrogens with zero attached hydrogens (tertiary/aromatic N) is 3. The molecule has 1 atom stereocenters. The molecule has 1 aromatic heterocycles. The maximum absolute atomic E-state index is 13.2. The molecule has 0 spiro atoms. The molecule has 6 nitrogen and oxygen atoms in total. The van der Waals surface area contributed by atoms with Crippen LogP contribution < -0.4 is 16.0 Å². The Hall–Kier alpha value is -2.78. The summed E-state index contributed by atoms with van der Waals surface area (Å²) in [5, 5.41) is 1.26. The molecule has 2 aromatic rings. The molecule has 1 amide bonds. The second kappa shape index (κ2) is 7.72. The number of carbonyl (C=O) groups is 1. The van der Waals surface area contributed by atoms with Crippen molar-refractivity contribution in [2.75, 3.05) is 11.6 Å². The van der Waals surface area contributed by atoms with Crippen LogP contribution >= 0.6 is 11.6 Å². The highest BCUT2D eigenvalue weighted by molar-refractivity contribution is 6.34. The van der Waals surface area contributed by atoms with Gasteiger partial charge in [0.15, 0.2) is 0 Å². The highest BCUT2D eigenvalue weighted by Gasteiger charge is 2.39. The van der Waals surface area contributed by atoms with E-state index in [1.165, 1.54) is 17.0 Å². The number of hydrazine groups is 2. The van der Waals surface area contributed by atoms with Gasteiger partial charge in [0.05, 0.1) is 33.6 Å². The van der Waals surface area contributed by atoms with Crippen LogP contribution in [0.2, 0.25) is 5.02 Å². The van der Waals surface area contributed by atoms with Crippen molar-refractivity contribution in [2.45, 2.75) is 39.4 Å². The van der Waals surface area contributed by atoms with Crippen molar-refractivity contribution in [3.63, 3.8) is 0 Å². The summed E-state index contributed by atoms with van der Waals surface area (Å²) >= 11 is 5.98. The normalized spacial score (nSPS) is 18.9. The van der Waals surface area contributed by atoms with E-state index in [9.17, 15) is 18.0 Å². The number of rotatable bonds is 2. The number of pyridine rings is 1. The fourth-order valence-electron chi connectivity index (χ4n) is 4.02. The average molecular weight is 452 g/mol. The Morgan fingerprint density at radius 3 is 2.68 bits per heavy atom. The van der Waals surface area contributed by atoms with E-state index in [1.54, 1.807) is 0 Å². The minimum absolute atomic E-state index is 0.161. The molecule has 1 unspecified atom stereocenters. The average Bonchev–Trinajstić information content (AvgIpc) is 3.11. The van der Waals surface area contributed by atoms with Crippen molar-refractivity contribution in [1.29, 1.82) is 0 Å². The maximum atomic E-state index is 13.2. The molecule has 1 aromatic carbocycles. The zero-order chi connectivity index (χ0) is 22.5. The summed E-state index contributed by atoms with van der Waals surface area (Å²) in [6, 6.07) is 6.92. The molecule has 0 aliphatic carbocycles. The molecule has 0 saturated heterocycles. The van der Waals surface area contributed by atoms with E-state index in [1.807, 2.05) is 37.9 Å². The molecule has 0 fully saturated rings. The molecule has 0 radical (unpaired) electrons. The Morgan fingerprint density at radius 1 is 1.26 bits per heavy atom. The Balaban J connectivity index is 1.63. The number of nitrogens with one attached hydrogen (secondary N) is 2. The number of anilines is 1. The van der Waals surface area contributed by atoms with Gasteiger partial charge in [0, 0.05) is 18.7 Å². The zero-order valence-corrected chi connectivity index (χ0v) is 17.9. The molecule has 2 aliphatic heterocycles. The number of aromatic nitrogens is 1. The molecular weight excluding hydrogens is 431 g/mol. The van der Waals surface area contributed by atoms with Crippen LogP contribution in [-0.4, -0.2) is 28.4 Å². The molecule has 4 rings (SSSR count). The van der Waals surface area contributed by atoms with Gasteiger partial charge in [-0.05, 0) is 50.6 Å². The van der Waals surface area contributed by atoms with E-state index in [4.69, 9.17) is 11.6 Å². The fourth-order valence-corrected chi connectivity index (χ4v) is 4.34. The first-order valence-electron chi connectivity index (χ1n) is 9.74. The van der Waals surface area contributed by atoms with E-state index < -0.39 is 28.7 Å². The second-order valence-corrected chi connectivity index (χ2v) is 8.04. The minimum atomic E-state index is -4.63. The van der Waals surface area contributed by atoms with Crippen LogP contribution in [0.15, 0.2) is 41.7 Å². The molecule has 2 N–H and O–H groups in total. The summed E-state index contributed by atoms with van der Waals surface area (Å²) in [6.07, 6.45) is -4.14. The van der Waals surface area contributed by atoms with Gasteiger partial charge in [-0.2, -0.15) is 13.2 Å². The maximum Gasteiger partial charge on any atom is 0.417 e. The molecule has 0 bridgehead atoms. The van der Waals surface area contributed by atoms with E-state index in [0.29, 0.717) is 13.0 Å². The van der Waals surface area contributed by atoms with Crippen LogP contribution in [0.3, 0.4) is 0 Å². The number of amides is 1. The lowest BCUT2D eigenvalue weighted by Crippen LogP contribution is -2.46. The standard InChI is InChI=1S/C21H21ClF3N5O/c1-11-9-12(2)26-17(10-11)30-16-7-8-29(13(3)19(16)27-28-30)20(31)14-5-4-6-15(18(14)22)21(23,24)25/h4-6,9-10,13,27-28H,7-8H2,1-3H3. The molecule has 0 saturated carbocycles. The van der Waals surface area contributed by atoms with E-state index >= 15 is 0 Å². The van der Waals surface area contributed by atoms with Gasteiger partial charge in [-0.25, -0.2) is 9.99 Å². The third kappa shape index (κ3) is 3.83. The first kappa shape index (κ1) is 21.5. The van der Waals surface area contributed by atoms with E-state index in [2.05, 4.69) is 15.9 Å². The number of aryl methyl sites for hydroxylation is 2. The van der Waals surface area contributed by atoms with Gasteiger partial charge in [-0.1, -0.05) is 17.7 Å². The first-order valence-corrected chi connectivity index (χ1v) is 10.1. The van der Waals surface area contributed by atoms with Crippen molar-refractivity contribution in [2.24, 2.45) is 0 Å². The Labute approximate surface area is 182 Å². The fraction of sp³-hybridized carbons (Fsp3) is 0.333. The van der Waals surface area contributed by atoms with Crippen LogP contribution in [0.4, 0.5) is 19.0 Å². The van der Waals surface area contributed by atoms with Gasteiger partial charge >= 0.3 is 6.18 Å². The molecule has 2 aliphatic rings. The van der Waals surface area contributed by atoms with Crippen LogP contribution in [0.5, 0.6) is 0 Å². The SMILES string of the molecule is Cc1cc(C)nc(N2NNC3=C2CCN(C(=O)c2cccc(C(F)(F)F)c2Cl)C3C)c1. The Kier molecular flexibility index (Phi) is 5.35. The molecule has 10 heteroatoms. The Morgan fingerprint density at radius 2 is 2.00 bits per heavy atom. The quantitative estimate of drug-likeness (QED) is 0.711. The summed E-state index contributed by atoms with van der Waals surface area (Å²) in [6.45, 7) is 6.05. The summed E-state index contributed by atoms with van der Waals surface area (Å²) in [4.78, 5) is 19.2. The van der Waals surface area contributed by atoms with Gasteiger partial charge in [0.25, 0.3) is 5.91 Å². The Bertz CT molecular complexity index is 1060. The highest BCUT2D eigenvalue weighted by atomic mass is 35.5. The lowest BCUT2D eigenvalue weighted by atomic mass is 10.0. The van der Waals surface area contributed by atoms with Crippen LogP contribution in [-0.2, 0) is 6.18 Å². The first-order chi connectivity index (χ1) is 14.6. The lowest BCUT2D eigenvalue weighted by molar-refractivity contribution is -0.137. The number of hydrogen-bond acceptors (Lipinski definition) is 5. The summed E-state index contributed by atoms with van der Waals surface area (Å²) < 4.78 is 39.6. The third-order valence-corrected chi connectivity index (χ3v) is 5.87. The number of alkyl halides is 3. The number of benzene rings is 1. The van der Waals surface area contributed by atoms with Crippen molar-refractivity contribution < 1.29 is 18.0 Å². The smallest absolute Gasteiger partial charge is 0.330 e. The third-order valence-electron chi connectivity index (χ3n) is 5.47. The van der Waals surface area contributed by atoms with Crippen LogP contribution in [0, 0.1) is 13.8 Å². The molecular formula is C21H21ClF3N5O. The number of halogens is 4. The van der Waals surface area contributed by atoms with Gasteiger partial charge < -0.3 is 10.3 Å². The summed E-state index contributed by atoms with van der Waals surface area (Å²) in [7, 11) is 0. The van der Waals surface area contributed by atoms with Crippen LogP contribution in [0.25, 0.3) is 0 Å². The minimum Gasteiger partial charge on any atom is -0.330 e. The van der Waals surface area contributed by atoms with E-state index in [-0.39, 0.29) is 5.56 Å². The highest BCUT2D eigenvalue weighted by Crippen LogP contribution is 2.37. The number of hydrogen-bond donors (Lipinski definition) is 2. The van der Waals surface area contributed by atoms with Crippen molar-refractivity contribution in [3.05, 3.63) is 69.1 Å². The molecule has 164 valence electrons. The van der Waals surface area contributed by atoms with Gasteiger partial charge in [-0.3, -0.25) is 4.79 Å². The second-order valence-electron chi connectivity index (χ2n) is 7.67. The lowest BCUT2D eigenvalue weighted by Gasteiger charge is -2.35. The van der Waals surface area contributed by atoms with Crippen molar-refractivity contribution >= 4 is 23.3 Å². The van der Waals surface area contributed by atoms with Gasteiger partial charge in [0.1, 0.15) is 5.82 Å². The number of carbonyl (C=O) groups excluding carboxylic acids is 1. The van der Waals surface area contributed by atoms with E-state index in [0.717, 1.165) is 34.5 Å². The summed E-state index contributed by atoms with van der Waals surface area (Å²) in [5.74, 6) is 0.183. The predicted molar refractivity (Wildman–Crippen MR) is 111 cm³/mol. The largest absolute Gasteiger partial charge is 0.417 e. The molecule has 3 heterocycles. The van der Waals surface area contributed by atoms with Gasteiger partial charge in [0.2, 0.25) is 0 Å². The van der Waals surface area contributed by atoms with Gasteiger partial charge in [-0.15, -0.1) is 5.53 Å². The monoisotopic (exact) mass is 451 g/mol. The van der Waals surface area contributed by atoms with Crippen LogP contribution in [0.1, 0.15) is 40.5 Å². The zero-order valence-electron chi connectivity index (χ0n) is 17.1. The predicted octanol–water partition coefficient (Wildman–Crippen LogP) is 4.35. The molecule has 31 heavy (non-hydrogen) atoms. The van der Waals surface area contributed by atoms with Crippen molar-refractivity contribution in [3.8, 4) is 0 Å². The van der Waals surface area contributed by atoms with Crippen molar-refractivity contribution in [1.82, 2.24) is 20.8 Å². The topological polar surface area (TPSA) is 60.5 Å². The summed E-state index contributed by atoms with van der Waals surface area (Å²) in [5.41, 5.74) is 8.64.